The molecule has 3 rings (SSSR count). The number of nitrogens with zero attached hydrogens (tertiary/aromatic N) is 5. The van der Waals surface area contributed by atoms with Crippen LogP contribution in [-0.4, -0.2) is 44.7 Å². The maximum absolute atomic E-state index is 13.6. The van der Waals surface area contributed by atoms with Gasteiger partial charge in [0.05, 0.1) is 43.4 Å². The Morgan fingerprint density at radius 1 is 1.52 bits per heavy atom. The maximum Gasteiger partial charge on any atom is 0.229 e. The number of halogens is 1. The number of ether oxygens (including phenoxy) is 1. The third-order valence-electron chi connectivity index (χ3n) is 3.59. The summed E-state index contributed by atoms with van der Waals surface area (Å²) in [4.78, 5) is 8.40. The number of nitriles is 1. The molecule has 0 bridgehead atoms. The van der Waals surface area contributed by atoms with E-state index in [4.69, 9.17) is 10.00 Å². The van der Waals surface area contributed by atoms with Crippen LogP contribution in [0.2, 0.25) is 0 Å². The van der Waals surface area contributed by atoms with Crippen LogP contribution >= 0.6 is 18.5 Å². The van der Waals surface area contributed by atoms with Gasteiger partial charge in [0.25, 0.3) is 0 Å². The molecule has 25 heavy (non-hydrogen) atoms. The summed E-state index contributed by atoms with van der Waals surface area (Å²) in [5.74, 6) is 0.565. The first-order valence-corrected chi connectivity index (χ1v) is 8.69. The van der Waals surface area contributed by atoms with Gasteiger partial charge in [-0.05, 0) is 6.92 Å². The van der Waals surface area contributed by atoms with Gasteiger partial charge in [-0.25, -0.2) is 9.37 Å². The van der Waals surface area contributed by atoms with Crippen molar-refractivity contribution in [3.63, 3.8) is 0 Å². The number of aromatic nitrogens is 4. The van der Waals surface area contributed by atoms with Crippen molar-refractivity contribution in [2.45, 2.75) is 18.1 Å². The summed E-state index contributed by atoms with van der Waals surface area (Å²) in [6, 6.07) is 2.23. The highest BCUT2D eigenvalue weighted by Gasteiger charge is 2.22. The Bertz CT molecular complexity index is 810. The Morgan fingerprint density at radius 3 is 2.88 bits per heavy atom. The average molecular weight is 381 g/mol. The monoisotopic (exact) mass is 381 g/mol. The van der Waals surface area contributed by atoms with E-state index < -0.39 is 5.15 Å². The van der Waals surface area contributed by atoms with Crippen LogP contribution in [0.15, 0.2) is 12.4 Å². The largest absolute Gasteiger partial charge is 0.377 e. The number of aryl methyl sites for hydroxylation is 1. The molecule has 2 aromatic heterocycles. The molecule has 1 aliphatic rings. The van der Waals surface area contributed by atoms with E-state index in [9.17, 15) is 4.39 Å². The van der Waals surface area contributed by atoms with Gasteiger partial charge in [-0.2, -0.15) is 15.3 Å². The van der Waals surface area contributed by atoms with Crippen LogP contribution in [0.3, 0.4) is 0 Å². The molecule has 0 radical (unpaired) electrons. The molecule has 1 saturated heterocycles. The number of rotatable bonds is 6. The fourth-order valence-corrected chi connectivity index (χ4v) is 2.37. The molecule has 2 unspecified atom stereocenters. The zero-order valence-electron chi connectivity index (χ0n) is 13.5. The average Bonchev–Trinajstić information content (AvgIpc) is 2.83. The molecule has 2 aromatic rings. The summed E-state index contributed by atoms with van der Waals surface area (Å²) in [7, 11) is 4.12. The third-order valence-corrected chi connectivity index (χ3v) is 4.00. The van der Waals surface area contributed by atoms with Gasteiger partial charge in [0.1, 0.15) is 17.5 Å². The van der Waals surface area contributed by atoms with Gasteiger partial charge in [-0.3, -0.25) is 4.68 Å². The van der Waals surface area contributed by atoms with Crippen LogP contribution in [0.5, 0.6) is 0 Å². The lowest BCUT2D eigenvalue weighted by atomic mass is 10.3. The number of hydrogen-bond acceptors (Lipinski definition) is 7. The minimum Gasteiger partial charge on any atom is -0.377 e. The molecule has 1 fully saturated rings. The summed E-state index contributed by atoms with van der Waals surface area (Å²) in [6.07, 6.45) is 3.26. The van der Waals surface area contributed by atoms with Crippen molar-refractivity contribution < 1.29 is 9.13 Å². The summed E-state index contributed by atoms with van der Waals surface area (Å²) in [5.41, 5.74) is 1.80. The highest BCUT2D eigenvalue weighted by molar-refractivity contribution is 7.39. The van der Waals surface area contributed by atoms with E-state index in [2.05, 4.69) is 44.2 Å². The van der Waals surface area contributed by atoms with Crippen molar-refractivity contribution in [3.05, 3.63) is 23.7 Å². The van der Waals surface area contributed by atoms with E-state index in [-0.39, 0.29) is 24.0 Å². The molecule has 2 N–H and O–H groups in total. The molecule has 0 aliphatic carbocycles. The van der Waals surface area contributed by atoms with Crippen molar-refractivity contribution in [1.82, 2.24) is 19.7 Å². The van der Waals surface area contributed by atoms with Crippen LogP contribution in [0, 0.1) is 18.3 Å². The lowest BCUT2D eigenvalue weighted by Gasteiger charge is -2.25. The molecule has 1 aliphatic heterocycles. The predicted octanol–water partition coefficient (Wildman–Crippen LogP) is 1.95. The first-order chi connectivity index (χ1) is 11.9. The molecule has 0 saturated carbocycles. The summed E-state index contributed by atoms with van der Waals surface area (Å²) < 4.78 is 20.7. The first-order valence-electron chi connectivity index (χ1n) is 7.54. The topological polar surface area (TPSA) is 101 Å². The van der Waals surface area contributed by atoms with Crippen LogP contribution < -0.4 is 10.6 Å². The second kappa shape index (κ2) is 7.17. The number of anilines is 3. The molecular formula is C14H18FN7OP2. The Balaban J connectivity index is 1.78. The van der Waals surface area contributed by atoms with E-state index in [1.54, 1.807) is 0 Å². The predicted molar refractivity (Wildman–Crippen MR) is 98.6 cm³/mol. The van der Waals surface area contributed by atoms with E-state index in [0.717, 1.165) is 11.4 Å². The van der Waals surface area contributed by atoms with Gasteiger partial charge >= 0.3 is 0 Å². The molecule has 3 heterocycles. The van der Waals surface area contributed by atoms with Gasteiger partial charge < -0.3 is 15.4 Å². The fraction of sp³-hybridized carbons (Fsp3) is 0.429. The lowest BCUT2D eigenvalue weighted by Crippen LogP contribution is -2.30. The first kappa shape index (κ1) is 17.9. The maximum atomic E-state index is 13.6. The molecule has 132 valence electrons. The van der Waals surface area contributed by atoms with Crippen molar-refractivity contribution in [2.24, 2.45) is 0 Å². The Hall–Kier alpha value is -1.87. The van der Waals surface area contributed by atoms with Gasteiger partial charge in [-0.1, -0.05) is 18.5 Å². The molecular weight excluding hydrogens is 363 g/mol. The lowest BCUT2D eigenvalue weighted by molar-refractivity contribution is -0.0287. The second-order valence-electron chi connectivity index (χ2n) is 5.77. The number of nitrogens with one attached hydrogen (secondary N) is 2. The third kappa shape index (κ3) is 4.40. The summed E-state index contributed by atoms with van der Waals surface area (Å²) >= 11 is 0. The van der Waals surface area contributed by atoms with E-state index in [0.29, 0.717) is 19.2 Å². The Kier molecular flexibility index (Phi) is 5.14. The highest BCUT2D eigenvalue weighted by Crippen LogP contribution is 2.29. The van der Waals surface area contributed by atoms with Crippen LogP contribution in [-0.2, 0) is 4.74 Å². The van der Waals surface area contributed by atoms with Crippen LogP contribution in [0.1, 0.15) is 17.3 Å². The van der Waals surface area contributed by atoms with Gasteiger partial charge in [-0.15, -0.1) is 0 Å². The molecule has 11 heteroatoms. The normalized spacial score (nSPS) is 14.7. The standard InChI is InChI=1S/C14H18FN7OP2/c1-8-11(4-22(21-8)10-5-23-6-10)19-13-17-3-9(2-16)12(20-13)18-7-14(15,24)25/h3-4,10H,5-7,24-25H2,1H3,(H2,17,18,19,20). The van der Waals surface area contributed by atoms with E-state index in [1.165, 1.54) is 6.20 Å². The highest BCUT2D eigenvalue weighted by atomic mass is 31.1. The Morgan fingerprint density at radius 2 is 2.28 bits per heavy atom. The van der Waals surface area contributed by atoms with Gasteiger partial charge in [0.2, 0.25) is 5.95 Å². The van der Waals surface area contributed by atoms with Crippen molar-refractivity contribution >= 4 is 35.9 Å². The quantitative estimate of drug-likeness (QED) is 0.738. The van der Waals surface area contributed by atoms with Gasteiger partial charge in [0, 0.05) is 6.20 Å². The molecule has 0 aromatic carbocycles. The van der Waals surface area contributed by atoms with Crippen molar-refractivity contribution in [3.8, 4) is 6.07 Å². The molecule has 2 atom stereocenters. The van der Waals surface area contributed by atoms with E-state index >= 15 is 0 Å². The van der Waals surface area contributed by atoms with Crippen LogP contribution in [0.4, 0.5) is 21.8 Å². The smallest absolute Gasteiger partial charge is 0.229 e. The number of hydrogen-bond donors (Lipinski definition) is 2. The van der Waals surface area contributed by atoms with Gasteiger partial charge in [0.15, 0.2) is 5.15 Å². The minimum absolute atomic E-state index is 0.0356. The Labute approximate surface area is 149 Å². The second-order valence-corrected chi connectivity index (χ2v) is 8.36. The summed E-state index contributed by atoms with van der Waals surface area (Å²) in [5, 5.41) is 17.9. The van der Waals surface area contributed by atoms with Crippen molar-refractivity contribution in [1.29, 1.82) is 5.26 Å². The zero-order valence-corrected chi connectivity index (χ0v) is 15.8. The van der Waals surface area contributed by atoms with Crippen molar-refractivity contribution in [2.75, 3.05) is 30.4 Å². The SMILES string of the molecule is Cc1nn(C2COC2)cc1Nc1ncc(C#N)c(NCC(F)(P)P)n1. The van der Waals surface area contributed by atoms with Crippen LogP contribution in [0.25, 0.3) is 0 Å². The number of alkyl halides is 1. The summed E-state index contributed by atoms with van der Waals surface area (Å²) in [6.45, 7) is 3.14. The fourth-order valence-electron chi connectivity index (χ4n) is 2.17. The minimum atomic E-state index is -1.59. The van der Waals surface area contributed by atoms with E-state index in [1.807, 2.05) is 23.9 Å². The molecule has 8 nitrogen and oxygen atoms in total. The zero-order chi connectivity index (χ0) is 18.0. The molecule has 0 amide bonds. The molecule has 0 spiro atoms.